The van der Waals surface area contributed by atoms with Gasteiger partial charge in [-0.2, -0.15) is 0 Å². The van der Waals surface area contributed by atoms with Gasteiger partial charge in [0.1, 0.15) is 9.75 Å². The van der Waals surface area contributed by atoms with Gasteiger partial charge in [0.05, 0.1) is 24.2 Å². The first kappa shape index (κ1) is 31.0. The van der Waals surface area contributed by atoms with Gasteiger partial charge in [-0.3, -0.25) is 4.40 Å². The lowest BCUT2D eigenvalue weighted by Crippen LogP contribution is -2.18. The second-order valence-electron chi connectivity index (χ2n) is 6.50. The fraction of sp³-hybridized carbons (Fsp3) is 0.545. The van der Waals surface area contributed by atoms with Crippen molar-refractivity contribution in [2.45, 2.75) is 47.8 Å². The summed E-state index contributed by atoms with van der Waals surface area (Å²) in [4.78, 5) is 32.6. The number of thiazole rings is 2. The summed E-state index contributed by atoms with van der Waals surface area (Å²) in [5.74, 6) is -0.607. The molecule has 3 aromatic rings. The average molecular weight is 594 g/mol. The minimum atomic E-state index is -0.343. The number of hydrogen-bond acceptors (Lipinski definition) is 11. The molecule has 0 spiro atoms. The molecule has 0 fully saturated rings. The summed E-state index contributed by atoms with van der Waals surface area (Å²) in [6, 6.07) is 0. The maximum absolute atomic E-state index is 11.5. The summed E-state index contributed by atoms with van der Waals surface area (Å²) in [5.41, 5.74) is 6.94. The topological polar surface area (TPSA) is 127 Å². The lowest BCUT2D eigenvalue weighted by molar-refractivity contribution is -0.119. The molecule has 196 valence electrons. The zero-order chi connectivity index (χ0) is 26.4. The van der Waals surface area contributed by atoms with E-state index in [9.17, 15) is 9.59 Å². The zero-order valence-corrected chi connectivity index (χ0v) is 24.0. The molecule has 0 saturated heterocycles. The quantitative estimate of drug-likeness (QED) is 0.210. The minimum Gasteiger partial charge on any atom is -0.462 e. The van der Waals surface area contributed by atoms with Crippen molar-refractivity contribution in [2.75, 3.05) is 37.5 Å². The molecule has 0 aliphatic carbocycles. The molecule has 0 aromatic carbocycles. The number of esters is 2. The Morgan fingerprint density at radius 2 is 1.57 bits per heavy atom. The number of hydrogen-bond donors (Lipinski definition) is 1. The van der Waals surface area contributed by atoms with E-state index in [2.05, 4.69) is 25.9 Å². The Balaban J connectivity index is 0.000000270. The maximum atomic E-state index is 11.5. The molecule has 0 unspecified atom stereocenters. The van der Waals surface area contributed by atoms with Gasteiger partial charge < -0.3 is 24.7 Å². The third kappa shape index (κ3) is 9.84. The van der Waals surface area contributed by atoms with Crippen LogP contribution in [0.3, 0.4) is 0 Å². The number of anilines is 1. The number of nitrogen functional groups attached to an aromatic ring is 1. The van der Waals surface area contributed by atoms with Crippen LogP contribution in [-0.4, -0.2) is 64.4 Å². The summed E-state index contributed by atoms with van der Waals surface area (Å²) in [5, 5.41) is 1.14. The van der Waals surface area contributed by atoms with Crippen LogP contribution in [0.15, 0.2) is 12.4 Å². The van der Waals surface area contributed by atoms with Gasteiger partial charge in [0.15, 0.2) is 16.4 Å². The maximum Gasteiger partial charge on any atom is 0.350 e. The highest BCUT2D eigenvalue weighted by Gasteiger charge is 2.16. The number of aryl methyl sites for hydroxylation is 2. The number of fused-ring (bicyclic) bond motifs is 1. The van der Waals surface area contributed by atoms with Gasteiger partial charge in [0.25, 0.3) is 0 Å². The molecule has 3 aromatic heterocycles. The van der Waals surface area contributed by atoms with E-state index in [4.69, 9.17) is 24.7 Å². The van der Waals surface area contributed by atoms with Gasteiger partial charge in [-0.1, -0.05) is 38.6 Å². The number of halogens is 1. The first-order valence-corrected chi connectivity index (χ1v) is 13.8. The summed E-state index contributed by atoms with van der Waals surface area (Å²) < 4.78 is 21.9. The number of aromatic nitrogens is 3. The van der Waals surface area contributed by atoms with Crippen LogP contribution in [0.4, 0.5) is 5.13 Å². The highest BCUT2D eigenvalue weighted by atomic mass is 79.9. The van der Waals surface area contributed by atoms with Crippen LogP contribution in [0.1, 0.15) is 58.4 Å². The molecule has 0 aliphatic rings. The van der Waals surface area contributed by atoms with Gasteiger partial charge in [0, 0.05) is 31.3 Å². The first-order valence-electron chi connectivity index (χ1n) is 11.0. The summed E-state index contributed by atoms with van der Waals surface area (Å²) in [6.45, 7) is 13.3. The Morgan fingerprint density at radius 1 is 1.00 bits per heavy atom. The number of nitrogens with two attached hydrogens (primary N) is 1. The van der Waals surface area contributed by atoms with E-state index < -0.39 is 0 Å². The van der Waals surface area contributed by atoms with Crippen LogP contribution >= 0.6 is 38.6 Å². The lowest BCUT2D eigenvalue weighted by Gasteiger charge is -2.12. The molecule has 0 amide bonds. The molecule has 3 heterocycles. The van der Waals surface area contributed by atoms with Crippen LogP contribution in [0.5, 0.6) is 0 Å². The third-order valence-electron chi connectivity index (χ3n) is 4.06. The largest absolute Gasteiger partial charge is 0.462 e. The van der Waals surface area contributed by atoms with Crippen LogP contribution in [0, 0.1) is 13.8 Å². The third-order valence-corrected chi connectivity index (χ3v) is 6.70. The zero-order valence-electron chi connectivity index (χ0n) is 20.8. The molecular formula is C22H33BrN4O6S2. The Kier molecular flexibility index (Phi) is 14.7. The van der Waals surface area contributed by atoms with Gasteiger partial charge >= 0.3 is 11.9 Å². The number of carbonyl (C=O) groups is 2. The highest BCUT2D eigenvalue weighted by Crippen LogP contribution is 2.22. The molecule has 0 bridgehead atoms. The van der Waals surface area contributed by atoms with Crippen LogP contribution in [0.25, 0.3) is 4.96 Å². The number of alkyl halides is 1. The van der Waals surface area contributed by atoms with Crippen molar-refractivity contribution in [1.29, 1.82) is 0 Å². The van der Waals surface area contributed by atoms with E-state index in [-0.39, 0.29) is 18.2 Å². The monoisotopic (exact) mass is 592 g/mol. The number of rotatable bonds is 9. The van der Waals surface area contributed by atoms with Crippen molar-refractivity contribution < 1.29 is 28.5 Å². The number of ether oxygens (including phenoxy) is 4. The van der Waals surface area contributed by atoms with Crippen molar-refractivity contribution in [2.24, 2.45) is 0 Å². The van der Waals surface area contributed by atoms with E-state index in [1.165, 1.54) is 11.3 Å². The lowest BCUT2D eigenvalue weighted by atomic mass is 10.4. The fourth-order valence-corrected chi connectivity index (χ4v) is 4.68. The van der Waals surface area contributed by atoms with Crippen molar-refractivity contribution in [3.63, 3.8) is 0 Å². The molecule has 13 heteroatoms. The number of carbonyl (C=O) groups excluding carboxylic acids is 2. The predicted molar refractivity (Wildman–Crippen MR) is 142 cm³/mol. The van der Waals surface area contributed by atoms with E-state index >= 15 is 0 Å². The Bertz CT molecular complexity index is 1050. The average Bonchev–Trinajstić information content (AvgIpc) is 3.51. The number of nitrogens with zero attached hydrogens (tertiary/aromatic N) is 3. The molecule has 10 nitrogen and oxygen atoms in total. The second kappa shape index (κ2) is 16.6. The van der Waals surface area contributed by atoms with Gasteiger partial charge in [0.2, 0.25) is 0 Å². The highest BCUT2D eigenvalue weighted by molar-refractivity contribution is 9.09. The van der Waals surface area contributed by atoms with E-state index in [0.29, 0.717) is 47.0 Å². The Morgan fingerprint density at radius 3 is 2.00 bits per heavy atom. The SMILES string of the molecule is CCOC(=O)c1sc(N)nc1C.CCOC(=O)c1sc2nccn2c1C.CCOC(CBr)OCC. The standard InChI is InChI=1S/C9H10N2O2S.C7H10N2O2S.C6H13BrO2/c1-3-13-8(12)7-6(2)11-5-4-10-9(11)14-7;1-3-11-6(10)5-4(2)9-7(8)12-5;1-3-8-6(5-7)9-4-2/h4-5H,3H2,1-2H3;3H2,1-2H3,(H2,8,9);6H,3-5H2,1-2H3. The van der Waals surface area contributed by atoms with Crippen LogP contribution < -0.4 is 5.73 Å². The number of imidazole rings is 1. The summed E-state index contributed by atoms with van der Waals surface area (Å²) in [7, 11) is 0. The molecule has 3 rings (SSSR count). The van der Waals surface area contributed by atoms with Crippen molar-refractivity contribution in [1.82, 2.24) is 14.4 Å². The fourth-order valence-electron chi connectivity index (χ4n) is 2.59. The minimum absolute atomic E-state index is 0.0694. The van der Waals surface area contributed by atoms with Gasteiger partial charge in [-0.15, -0.1) is 0 Å². The van der Waals surface area contributed by atoms with Crippen molar-refractivity contribution in [3.8, 4) is 0 Å². The summed E-state index contributed by atoms with van der Waals surface area (Å²) >= 11 is 5.78. The molecule has 2 N–H and O–H groups in total. The van der Waals surface area contributed by atoms with Crippen LogP contribution in [0.2, 0.25) is 0 Å². The smallest absolute Gasteiger partial charge is 0.350 e. The first-order chi connectivity index (χ1) is 16.7. The summed E-state index contributed by atoms with van der Waals surface area (Å²) in [6.07, 6.45) is 3.48. The Hall–Kier alpha value is -2.06. The van der Waals surface area contributed by atoms with Gasteiger partial charge in [-0.25, -0.2) is 19.6 Å². The second-order valence-corrected chi connectivity index (χ2v) is 9.15. The van der Waals surface area contributed by atoms with Crippen molar-refractivity contribution in [3.05, 3.63) is 33.5 Å². The van der Waals surface area contributed by atoms with E-state index in [1.54, 1.807) is 27.0 Å². The van der Waals surface area contributed by atoms with E-state index in [0.717, 1.165) is 27.3 Å². The molecule has 35 heavy (non-hydrogen) atoms. The molecule has 0 atom stereocenters. The molecule has 0 aliphatic heterocycles. The predicted octanol–water partition coefficient (Wildman–Crippen LogP) is 4.87. The molecule has 0 saturated carbocycles. The van der Waals surface area contributed by atoms with E-state index in [1.807, 2.05) is 31.4 Å². The van der Waals surface area contributed by atoms with Crippen LogP contribution in [-0.2, 0) is 18.9 Å². The normalized spacial score (nSPS) is 10.4. The molecule has 0 radical (unpaired) electrons. The van der Waals surface area contributed by atoms with Gasteiger partial charge in [-0.05, 0) is 41.5 Å². The molecular weight excluding hydrogens is 560 g/mol. The van der Waals surface area contributed by atoms with Crippen molar-refractivity contribution >= 4 is 60.6 Å². The Labute approximate surface area is 221 Å².